The molecule has 262 valence electrons. The summed E-state index contributed by atoms with van der Waals surface area (Å²) in [5.41, 5.74) is 0.683. The number of esters is 4. The molecule has 2 aromatic rings. The highest BCUT2D eigenvalue weighted by atomic mass is 16.6. The van der Waals surface area contributed by atoms with Crippen LogP contribution in [0.25, 0.3) is 0 Å². The van der Waals surface area contributed by atoms with E-state index in [1.807, 2.05) is 39.0 Å². The molecule has 4 aliphatic rings. The highest BCUT2D eigenvalue weighted by molar-refractivity contribution is 6.29. The van der Waals surface area contributed by atoms with E-state index in [1.165, 1.54) is 14.0 Å². The van der Waals surface area contributed by atoms with E-state index in [2.05, 4.69) is 9.97 Å². The molecule has 49 heavy (non-hydrogen) atoms. The lowest BCUT2D eigenvalue weighted by atomic mass is 9.57. The molecule has 1 saturated heterocycles. The Labute approximate surface area is 283 Å². The molecule has 1 spiro atoms. The number of ether oxygens (including phenoxy) is 6. The van der Waals surface area contributed by atoms with Crippen LogP contribution < -0.4 is 4.98 Å². The fourth-order valence-electron chi connectivity index (χ4n) is 8.14. The van der Waals surface area contributed by atoms with E-state index in [9.17, 15) is 24.3 Å². The molecule has 2 aromatic heterocycles. The van der Waals surface area contributed by atoms with E-state index in [4.69, 9.17) is 28.4 Å². The van der Waals surface area contributed by atoms with Gasteiger partial charge in [-0.2, -0.15) is 0 Å². The summed E-state index contributed by atoms with van der Waals surface area (Å²) < 4.78 is 35.2. The van der Waals surface area contributed by atoms with E-state index in [-0.39, 0.29) is 18.9 Å². The van der Waals surface area contributed by atoms with E-state index in [0.29, 0.717) is 11.3 Å². The van der Waals surface area contributed by atoms with Gasteiger partial charge < -0.3 is 38.5 Å². The summed E-state index contributed by atoms with van der Waals surface area (Å²) in [6.07, 6.45) is 5.71. The van der Waals surface area contributed by atoms with Crippen LogP contribution in [0.15, 0.2) is 66.7 Å². The molecule has 13 heteroatoms. The number of cyclic esters (lactones) is 1. The summed E-state index contributed by atoms with van der Waals surface area (Å²) in [5.74, 6) is -5.68. The van der Waals surface area contributed by atoms with Crippen molar-refractivity contribution in [3.8, 4) is 0 Å². The Hall–Kier alpha value is -4.33. The average Bonchev–Trinajstić information content (AvgIpc) is 3.70. The second kappa shape index (κ2) is 13.9. The van der Waals surface area contributed by atoms with Crippen LogP contribution in [0.5, 0.6) is 0 Å². The number of methoxy groups -OCH3 is 1. The van der Waals surface area contributed by atoms with Crippen LogP contribution in [0.3, 0.4) is 0 Å². The zero-order valence-corrected chi connectivity index (χ0v) is 28.1. The fraction of sp³-hybridized carbons (Fsp3) is 0.528. The molecule has 1 saturated carbocycles. The zero-order chi connectivity index (χ0) is 35.0. The molecule has 0 aromatic carbocycles. The van der Waals surface area contributed by atoms with Crippen molar-refractivity contribution >= 4 is 23.9 Å². The monoisotopic (exact) mass is 679 g/mol. The number of nitrogens with one attached hydrogen (secondary N) is 2. The molecule has 2 aliphatic heterocycles. The van der Waals surface area contributed by atoms with Gasteiger partial charge in [-0.3, -0.25) is 0 Å². The van der Waals surface area contributed by atoms with E-state index in [0.717, 1.165) is 5.57 Å². The fourth-order valence-corrected chi connectivity index (χ4v) is 8.14. The standard InChI is InChI=1S/C36H42N2O11/c1-18-15-19(2)36-23(8-9-24-27(36)28(39)20(3)30(31(24)49-36)48-32(40)25-7-6-12-38-25)16-26(44-5)33(41)47-29(18)21(4)46-35(43)34(42)45-17-22-10-13-37-14-11-22/h6-15,18,20-21,23-24,26-31,38-39H,16-17H2,1-5H3/p+1/b19-15+/t18-,20-,21-,23-,24?,26+,27?,28-,29+,30-,31-,36+/m1/s1. The van der Waals surface area contributed by atoms with Gasteiger partial charge in [0.1, 0.15) is 42.3 Å². The minimum absolute atomic E-state index is 0.124. The van der Waals surface area contributed by atoms with Crippen LogP contribution in [-0.2, 0) is 49.4 Å². The maximum absolute atomic E-state index is 13.6. The third-order valence-corrected chi connectivity index (χ3v) is 10.5. The van der Waals surface area contributed by atoms with Gasteiger partial charge in [0.05, 0.1) is 6.10 Å². The Morgan fingerprint density at radius 1 is 1.14 bits per heavy atom. The normalized spacial score (nSPS) is 36.7. The van der Waals surface area contributed by atoms with Crippen molar-refractivity contribution in [3.63, 3.8) is 0 Å². The molecule has 2 aliphatic carbocycles. The highest BCUT2D eigenvalue weighted by Gasteiger charge is 2.69. The second-order valence-corrected chi connectivity index (χ2v) is 13.4. The Bertz CT molecular complexity index is 1610. The topological polar surface area (TPSA) is 174 Å². The number of carbonyl (C=O) groups excluding carboxylic acids is 4. The van der Waals surface area contributed by atoms with Crippen molar-refractivity contribution in [2.75, 3.05) is 7.11 Å². The number of aliphatic hydroxyl groups is 1. The molecule has 4 heterocycles. The Morgan fingerprint density at radius 3 is 2.59 bits per heavy atom. The van der Waals surface area contributed by atoms with E-state index >= 15 is 0 Å². The Morgan fingerprint density at radius 2 is 1.90 bits per heavy atom. The van der Waals surface area contributed by atoms with E-state index in [1.54, 1.807) is 42.9 Å². The summed E-state index contributed by atoms with van der Waals surface area (Å²) in [7, 11) is 1.41. The molecule has 2 fully saturated rings. The summed E-state index contributed by atoms with van der Waals surface area (Å²) in [4.78, 5) is 57.6. The molecule has 2 unspecified atom stereocenters. The number of hydrogen-bond donors (Lipinski definition) is 2. The quantitative estimate of drug-likeness (QED) is 0.191. The Kier molecular flexibility index (Phi) is 9.79. The number of aromatic amines is 2. The predicted molar refractivity (Wildman–Crippen MR) is 169 cm³/mol. The van der Waals surface area contributed by atoms with Crippen LogP contribution in [0.1, 0.15) is 50.2 Å². The molecule has 3 N–H and O–H groups in total. The summed E-state index contributed by atoms with van der Waals surface area (Å²) in [5, 5.41) is 11.9. The number of carbonyl (C=O) groups is 4. The van der Waals surface area contributed by atoms with Gasteiger partial charge in [0, 0.05) is 60.6 Å². The first kappa shape index (κ1) is 34.5. The largest absolute Gasteiger partial charge is 0.456 e. The van der Waals surface area contributed by atoms with Crippen LogP contribution in [0, 0.1) is 29.6 Å². The third kappa shape index (κ3) is 6.30. The molecule has 4 bridgehead atoms. The van der Waals surface area contributed by atoms with Crippen molar-refractivity contribution in [2.24, 2.45) is 29.6 Å². The van der Waals surface area contributed by atoms with Gasteiger partial charge in [-0.15, -0.1) is 0 Å². The number of H-pyrrole nitrogens is 2. The predicted octanol–water partition coefficient (Wildman–Crippen LogP) is 2.51. The number of hydrogen-bond acceptors (Lipinski definition) is 11. The molecule has 12 atom stereocenters. The average molecular weight is 680 g/mol. The highest BCUT2D eigenvalue weighted by Crippen LogP contribution is 2.61. The lowest BCUT2D eigenvalue weighted by Crippen LogP contribution is -2.57. The third-order valence-electron chi connectivity index (χ3n) is 10.5. The van der Waals surface area contributed by atoms with Gasteiger partial charge in [0.25, 0.3) is 0 Å². The summed E-state index contributed by atoms with van der Waals surface area (Å²) >= 11 is 0. The smallest absolute Gasteiger partial charge is 0.417 e. The van der Waals surface area contributed by atoms with Gasteiger partial charge in [0.15, 0.2) is 18.5 Å². The van der Waals surface area contributed by atoms with Crippen LogP contribution in [0.2, 0.25) is 0 Å². The van der Waals surface area contributed by atoms with Crippen LogP contribution in [-0.4, -0.2) is 83.3 Å². The Balaban J connectivity index is 1.27. The van der Waals surface area contributed by atoms with Crippen LogP contribution in [0.4, 0.5) is 0 Å². The van der Waals surface area contributed by atoms with Gasteiger partial charge in [-0.1, -0.05) is 32.1 Å². The molecular weight excluding hydrogens is 636 g/mol. The first-order chi connectivity index (χ1) is 23.5. The minimum atomic E-state index is -1.22. The maximum Gasteiger partial charge on any atom is 0.417 e. The minimum Gasteiger partial charge on any atom is -0.456 e. The number of pyridine rings is 1. The number of aliphatic hydroxyl groups excluding tert-OH is 1. The first-order valence-electron chi connectivity index (χ1n) is 16.6. The van der Waals surface area contributed by atoms with Gasteiger partial charge in [0.2, 0.25) is 0 Å². The van der Waals surface area contributed by atoms with Gasteiger partial charge in [-0.25, -0.2) is 24.2 Å². The second-order valence-electron chi connectivity index (χ2n) is 13.4. The molecular formula is C36H43N2O11+. The molecule has 0 radical (unpaired) electrons. The summed E-state index contributed by atoms with van der Waals surface area (Å²) in [6.45, 7) is 6.99. The number of aromatic nitrogens is 2. The van der Waals surface area contributed by atoms with Crippen LogP contribution >= 0.6 is 0 Å². The van der Waals surface area contributed by atoms with Gasteiger partial charge >= 0.3 is 23.9 Å². The molecule has 0 amide bonds. The van der Waals surface area contributed by atoms with Crippen molar-refractivity contribution < 1.29 is 57.7 Å². The first-order valence-corrected chi connectivity index (χ1v) is 16.6. The number of rotatable bonds is 7. The van der Waals surface area contributed by atoms with Crippen molar-refractivity contribution in [1.29, 1.82) is 0 Å². The molecule has 6 rings (SSSR count). The SMILES string of the molecule is CO[C@H]1C[C@H]2C=CC3C4[C@H](O)[C@@H](C)[C@@H](OC(=O)c5ccc[nH]5)[C@@H]3O[C@]42/C(C)=C/[C@@H](C)[C@@H]([C@@H](C)OC(=O)C(=O)OCc2cc[nH+]cc2)OC1=O. The van der Waals surface area contributed by atoms with Crippen molar-refractivity contribution in [3.05, 3.63) is 77.9 Å². The maximum atomic E-state index is 13.6. The summed E-state index contributed by atoms with van der Waals surface area (Å²) in [6, 6.07) is 6.73. The van der Waals surface area contributed by atoms with Crippen molar-refractivity contribution in [1.82, 2.24) is 4.98 Å². The lowest BCUT2D eigenvalue weighted by molar-refractivity contribution is -0.378. The van der Waals surface area contributed by atoms with Crippen molar-refractivity contribution in [2.45, 2.75) is 82.9 Å². The molecule has 13 nitrogen and oxygen atoms in total. The van der Waals surface area contributed by atoms with E-state index < -0.39 is 89.8 Å². The zero-order valence-electron chi connectivity index (χ0n) is 28.1. The lowest BCUT2D eigenvalue weighted by Gasteiger charge is -2.48. The van der Waals surface area contributed by atoms with Gasteiger partial charge in [-0.05, 0) is 38.0 Å².